The Hall–Kier alpha value is -2.43. The zero-order chi connectivity index (χ0) is 14.5. The van der Waals surface area contributed by atoms with Crippen LogP contribution in [0.3, 0.4) is 0 Å². The van der Waals surface area contributed by atoms with Gasteiger partial charge in [0.2, 0.25) is 5.95 Å². The predicted molar refractivity (Wildman–Crippen MR) is 81.2 cm³/mol. The molecule has 0 spiro atoms. The molecule has 0 fully saturated rings. The molecule has 20 heavy (non-hydrogen) atoms. The van der Waals surface area contributed by atoms with Crippen LogP contribution in [0.15, 0.2) is 40.2 Å². The fourth-order valence-corrected chi connectivity index (χ4v) is 1.85. The number of rotatable bonds is 4. The Morgan fingerprint density at radius 2 is 2.00 bits per heavy atom. The summed E-state index contributed by atoms with van der Waals surface area (Å²) in [7, 11) is 0. The number of aromatic amines is 1. The molecule has 2 rings (SSSR count). The van der Waals surface area contributed by atoms with Crippen LogP contribution in [0, 0.1) is 13.8 Å². The number of benzene rings is 1. The maximum atomic E-state index is 11.3. The summed E-state index contributed by atoms with van der Waals surface area (Å²) >= 11 is 0. The van der Waals surface area contributed by atoms with Crippen LogP contribution in [0.1, 0.15) is 30.2 Å². The summed E-state index contributed by atoms with van der Waals surface area (Å²) in [4.78, 5) is 18.1. The predicted octanol–water partition coefficient (Wildman–Crippen LogP) is 2.61. The lowest BCUT2D eigenvalue weighted by Gasteiger charge is -2.06. The fraction of sp³-hybridized carbons (Fsp3) is 0.267. The van der Waals surface area contributed by atoms with Crippen molar-refractivity contribution in [3.05, 3.63) is 57.5 Å². The first-order chi connectivity index (χ1) is 9.58. The zero-order valence-electron chi connectivity index (χ0n) is 11.9. The fourth-order valence-electron chi connectivity index (χ4n) is 1.85. The van der Waals surface area contributed by atoms with E-state index >= 15 is 0 Å². The first-order valence-electron chi connectivity index (χ1n) is 6.56. The molecule has 0 amide bonds. The van der Waals surface area contributed by atoms with E-state index in [0.717, 1.165) is 17.7 Å². The molecule has 1 heterocycles. The van der Waals surface area contributed by atoms with Gasteiger partial charge in [-0.2, -0.15) is 5.10 Å². The normalized spacial score (nSPS) is 11.4. The van der Waals surface area contributed by atoms with E-state index in [4.69, 9.17) is 0 Å². The zero-order valence-corrected chi connectivity index (χ0v) is 11.9. The van der Waals surface area contributed by atoms with Crippen LogP contribution in [0.5, 0.6) is 0 Å². The third kappa shape index (κ3) is 3.54. The Balaban J connectivity index is 2.23. The van der Waals surface area contributed by atoms with E-state index in [0.29, 0.717) is 11.6 Å². The number of anilines is 1. The highest BCUT2D eigenvalue weighted by molar-refractivity contribution is 6.00. The van der Waals surface area contributed by atoms with Crippen LogP contribution < -0.4 is 11.0 Å². The smallest absolute Gasteiger partial charge is 0.252 e. The van der Waals surface area contributed by atoms with Crippen molar-refractivity contribution in [3.8, 4) is 0 Å². The number of aryl methyl sites for hydroxylation is 2. The van der Waals surface area contributed by atoms with Gasteiger partial charge in [0.25, 0.3) is 5.56 Å². The van der Waals surface area contributed by atoms with E-state index in [1.165, 1.54) is 11.6 Å². The van der Waals surface area contributed by atoms with Gasteiger partial charge in [0.05, 0.1) is 5.71 Å². The molecule has 0 saturated carbocycles. The Morgan fingerprint density at radius 3 is 2.60 bits per heavy atom. The van der Waals surface area contributed by atoms with Crippen molar-refractivity contribution in [2.24, 2.45) is 5.10 Å². The molecule has 2 aromatic rings. The number of H-pyrrole nitrogens is 1. The second kappa shape index (κ2) is 6.14. The lowest BCUT2D eigenvalue weighted by molar-refractivity contribution is 1.04. The molecular formula is C15H18N4O. The molecule has 5 heteroatoms. The molecule has 1 aromatic heterocycles. The highest BCUT2D eigenvalue weighted by atomic mass is 16.1. The lowest BCUT2D eigenvalue weighted by Crippen LogP contribution is -2.12. The van der Waals surface area contributed by atoms with Crippen molar-refractivity contribution in [3.63, 3.8) is 0 Å². The van der Waals surface area contributed by atoms with Crippen LogP contribution >= 0.6 is 0 Å². The minimum Gasteiger partial charge on any atom is -0.291 e. The summed E-state index contributed by atoms with van der Waals surface area (Å²) in [5.74, 6) is 0.355. The Morgan fingerprint density at radius 1 is 1.30 bits per heavy atom. The molecule has 0 saturated heterocycles. The average Bonchev–Trinajstić information content (AvgIpc) is 2.40. The van der Waals surface area contributed by atoms with E-state index in [-0.39, 0.29) is 5.56 Å². The number of hydrogen-bond acceptors (Lipinski definition) is 4. The van der Waals surface area contributed by atoms with Gasteiger partial charge in [0.15, 0.2) is 0 Å². The van der Waals surface area contributed by atoms with Gasteiger partial charge in [-0.25, -0.2) is 10.4 Å². The van der Waals surface area contributed by atoms with Gasteiger partial charge in [-0.3, -0.25) is 9.78 Å². The minimum atomic E-state index is -0.191. The van der Waals surface area contributed by atoms with Gasteiger partial charge in [0, 0.05) is 11.8 Å². The van der Waals surface area contributed by atoms with Crippen molar-refractivity contribution in [1.29, 1.82) is 0 Å². The highest BCUT2D eigenvalue weighted by Crippen LogP contribution is 2.08. The molecule has 0 unspecified atom stereocenters. The molecule has 104 valence electrons. The van der Waals surface area contributed by atoms with Gasteiger partial charge in [-0.15, -0.1) is 0 Å². The third-order valence-corrected chi connectivity index (χ3v) is 2.89. The summed E-state index contributed by atoms with van der Waals surface area (Å²) in [6, 6.07) is 9.60. The Labute approximate surface area is 117 Å². The monoisotopic (exact) mass is 270 g/mol. The number of aromatic nitrogens is 2. The molecule has 0 aliphatic carbocycles. The first-order valence-corrected chi connectivity index (χ1v) is 6.56. The van der Waals surface area contributed by atoms with E-state index in [1.54, 1.807) is 6.92 Å². The van der Waals surface area contributed by atoms with Gasteiger partial charge in [0.1, 0.15) is 0 Å². The molecular weight excluding hydrogens is 252 g/mol. The van der Waals surface area contributed by atoms with Gasteiger partial charge in [-0.05, 0) is 25.8 Å². The number of hydrogen-bond donors (Lipinski definition) is 2. The molecule has 1 aromatic carbocycles. The Kier molecular flexibility index (Phi) is 4.30. The summed E-state index contributed by atoms with van der Waals surface area (Å²) in [5, 5.41) is 4.33. The van der Waals surface area contributed by atoms with Crippen molar-refractivity contribution in [1.82, 2.24) is 9.97 Å². The number of nitrogens with zero attached hydrogens (tertiary/aromatic N) is 2. The maximum absolute atomic E-state index is 11.3. The van der Waals surface area contributed by atoms with Crippen molar-refractivity contribution in [2.75, 3.05) is 5.43 Å². The second-order valence-electron chi connectivity index (χ2n) is 4.63. The molecule has 0 aliphatic heterocycles. The van der Waals surface area contributed by atoms with Gasteiger partial charge >= 0.3 is 0 Å². The van der Waals surface area contributed by atoms with Crippen LogP contribution in [-0.2, 0) is 0 Å². The molecule has 0 aliphatic rings. The summed E-state index contributed by atoms with van der Waals surface area (Å²) < 4.78 is 0. The molecule has 0 atom stereocenters. The SMILES string of the molecule is CC/C(=N/Nc1nc(C)cc(=O)[nH]1)c1ccc(C)cc1. The maximum Gasteiger partial charge on any atom is 0.252 e. The van der Waals surface area contributed by atoms with E-state index in [9.17, 15) is 4.79 Å². The summed E-state index contributed by atoms with van der Waals surface area (Å²) in [6.07, 6.45) is 0.784. The van der Waals surface area contributed by atoms with Crippen molar-refractivity contribution >= 4 is 11.7 Å². The summed E-state index contributed by atoms with van der Waals surface area (Å²) in [6.45, 7) is 5.85. The number of hydrazone groups is 1. The van der Waals surface area contributed by atoms with E-state index in [2.05, 4.69) is 20.5 Å². The summed E-state index contributed by atoms with van der Waals surface area (Å²) in [5.41, 5.74) is 6.45. The van der Waals surface area contributed by atoms with Gasteiger partial charge in [-0.1, -0.05) is 36.8 Å². The molecule has 0 bridgehead atoms. The van der Waals surface area contributed by atoms with E-state index < -0.39 is 0 Å². The van der Waals surface area contributed by atoms with Gasteiger partial charge < -0.3 is 0 Å². The van der Waals surface area contributed by atoms with Crippen LogP contribution in [0.25, 0.3) is 0 Å². The average molecular weight is 270 g/mol. The molecule has 2 N–H and O–H groups in total. The largest absolute Gasteiger partial charge is 0.291 e. The first kappa shape index (κ1) is 14.0. The highest BCUT2D eigenvalue weighted by Gasteiger charge is 2.02. The third-order valence-electron chi connectivity index (χ3n) is 2.89. The van der Waals surface area contributed by atoms with Crippen molar-refractivity contribution in [2.45, 2.75) is 27.2 Å². The van der Waals surface area contributed by atoms with Crippen LogP contribution in [0.4, 0.5) is 5.95 Å². The molecule has 0 radical (unpaired) electrons. The van der Waals surface area contributed by atoms with E-state index in [1.807, 2.05) is 38.1 Å². The number of nitrogens with one attached hydrogen (secondary N) is 2. The van der Waals surface area contributed by atoms with Crippen LogP contribution in [0.2, 0.25) is 0 Å². The van der Waals surface area contributed by atoms with Crippen molar-refractivity contribution < 1.29 is 0 Å². The Bertz CT molecular complexity index is 671. The minimum absolute atomic E-state index is 0.191. The quantitative estimate of drug-likeness (QED) is 0.662. The standard InChI is InChI=1S/C15H18N4O/c1-4-13(12-7-5-10(2)6-8-12)18-19-15-16-11(3)9-14(20)17-15/h5-9H,4H2,1-3H3,(H2,16,17,19,20)/b18-13-. The second-order valence-corrected chi connectivity index (χ2v) is 4.63. The topological polar surface area (TPSA) is 70.1 Å². The van der Waals surface area contributed by atoms with Crippen LogP contribution in [-0.4, -0.2) is 15.7 Å². The lowest BCUT2D eigenvalue weighted by atomic mass is 10.1. The molecule has 5 nitrogen and oxygen atoms in total.